The van der Waals surface area contributed by atoms with Crippen LogP contribution in [0.4, 0.5) is 34.1 Å². The normalized spacial score (nSPS) is 16.8. The standard InChI is InChI=1S/C124H122N4/c1-121(2,3)107-57-33-31-53-99(107)117-95-65-63-90(126(92-71-85(81-43-21-13-22-44-81)68-86(72-92)82-45-23-14-24-46-82)114-62-38-56-98-104-76-102-94-52-30-36-60-110(94)124(9,10)112(102)78-116(104)128(120(98)114)88-49-27-16-28-50-88)74-106(95)118(100-54-32-34-58-108(100)122(4,5)6)96-66-64-89(73-105(96)117)125(91-69-83(79-39-17-11-18-40-79)67-84(70-91)80-41-19-12-20-42-80)113-61-37-55-97-103-75-101-93-51-29-35-59-109(93)123(7,8)111(101)77-115(103)127(119(97)113)87-47-25-15-26-48-87/h15-16,25-38,47-82H,11-14,17-24,39-46H2,1-10H3. The van der Waals surface area contributed by atoms with Gasteiger partial charge in [0.15, 0.2) is 0 Å². The summed E-state index contributed by atoms with van der Waals surface area (Å²) in [4.78, 5) is 5.54. The molecule has 0 saturated heterocycles. The van der Waals surface area contributed by atoms with Crippen LogP contribution in [0.1, 0.15) is 277 Å². The van der Waals surface area contributed by atoms with Crippen LogP contribution in [-0.4, -0.2) is 9.13 Å². The molecule has 23 rings (SSSR count). The van der Waals surface area contributed by atoms with E-state index in [1.54, 1.807) is 0 Å². The van der Waals surface area contributed by atoms with Gasteiger partial charge in [-0.15, -0.1) is 0 Å². The minimum Gasteiger partial charge on any atom is -0.308 e. The fraction of sp³-hybridized carbons (Fsp3) is 0.306. The first kappa shape index (κ1) is 80.6. The van der Waals surface area contributed by atoms with Gasteiger partial charge in [-0.3, -0.25) is 0 Å². The zero-order chi connectivity index (χ0) is 86.6. The van der Waals surface area contributed by atoms with Gasteiger partial charge in [0.05, 0.1) is 33.4 Å². The molecule has 0 unspecified atom stereocenters. The molecule has 0 aliphatic heterocycles. The molecule has 15 aromatic carbocycles. The Balaban J connectivity index is 0.845. The summed E-state index contributed by atoms with van der Waals surface area (Å²) in [6.45, 7) is 24.4. The summed E-state index contributed by atoms with van der Waals surface area (Å²) in [6.07, 6.45) is 25.3. The molecule has 2 heterocycles. The van der Waals surface area contributed by atoms with Gasteiger partial charge in [-0.2, -0.15) is 0 Å². The molecule has 6 aliphatic carbocycles. The van der Waals surface area contributed by atoms with Crippen molar-refractivity contribution in [3.05, 3.63) is 347 Å². The third kappa shape index (κ3) is 13.4. The molecule has 0 atom stereocenters. The van der Waals surface area contributed by atoms with Crippen LogP contribution in [-0.2, 0) is 21.7 Å². The Morgan fingerprint density at radius 3 is 0.930 bits per heavy atom. The zero-order valence-electron chi connectivity index (χ0n) is 77.0. The number of benzene rings is 15. The molecule has 4 saturated carbocycles. The van der Waals surface area contributed by atoms with Gasteiger partial charge in [-0.25, -0.2) is 0 Å². The molecule has 2 aromatic heterocycles. The second-order valence-corrected chi connectivity index (χ2v) is 42.4. The maximum atomic E-state index is 2.77. The highest BCUT2D eigenvalue weighted by molar-refractivity contribution is 6.25. The molecule has 0 amide bonds. The number of aromatic nitrogens is 2. The van der Waals surface area contributed by atoms with Crippen molar-refractivity contribution < 1.29 is 0 Å². The van der Waals surface area contributed by atoms with Crippen LogP contribution < -0.4 is 9.80 Å². The van der Waals surface area contributed by atoms with Crippen molar-refractivity contribution in [1.82, 2.24) is 9.13 Å². The molecule has 17 aromatic rings. The number of hydrogen-bond donors (Lipinski definition) is 0. The van der Waals surface area contributed by atoms with Crippen LogP contribution in [0.15, 0.2) is 291 Å². The topological polar surface area (TPSA) is 16.3 Å². The van der Waals surface area contributed by atoms with Crippen molar-refractivity contribution in [2.24, 2.45) is 0 Å². The van der Waals surface area contributed by atoms with Crippen LogP contribution in [0.5, 0.6) is 0 Å². The number of fused-ring (bicyclic) bond motifs is 14. The van der Waals surface area contributed by atoms with Crippen LogP contribution in [0.25, 0.3) is 121 Å². The van der Waals surface area contributed by atoms with Gasteiger partial charge in [0.25, 0.3) is 0 Å². The minimum absolute atomic E-state index is 0.196. The fourth-order valence-corrected chi connectivity index (χ4v) is 25.4. The number of para-hydroxylation sites is 4. The smallest absolute Gasteiger partial charge is 0.0782 e. The predicted octanol–water partition coefficient (Wildman–Crippen LogP) is 35.9. The lowest BCUT2D eigenvalue weighted by atomic mass is 9.76. The first-order valence-electron chi connectivity index (χ1n) is 49.0. The molecule has 0 bridgehead atoms. The highest BCUT2D eigenvalue weighted by Crippen LogP contribution is 2.59. The molecule has 638 valence electrons. The monoisotopic (exact) mass is 1670 g/mol. The number of rotatable bonds is 14. The highest BCUT2D eigenvalue weighted by Gasteiger charge is 2.41. The van der Waals surface area contributed by atoms with Crippen molar-refractivity contribution in [2.45, 2.75) is 243 Å². The second kappa shape index (κ2) is 31.5. The lowest BCUT2D eigenvalue weighted by Crippen LogP contribution is -2.16. The molecule has 4 heteroatoms. The molecule has 0 spiro atoms. The lowest BCUT2D eigenvalue weighted by Gasteiger charge is -2.33. The predicted molar refractivity (Wildman–Crippen MR) is 546 cm³/mol. The molecule has 6 aliphatic rings. The Morgan fingerprint density at radius 2 is 0.578 bits per heavy atom. The zero-order valence-corrected chi connectivity index (χ0v) is 77.0. The van der Waals surface area contributed by atoms with Crippen molar-refractivity contribution in [2.75, 3.05) is 9.80 Å². The van der Waals surface area contributed by atoms with E-state index in [0.717, 1.165) is 22.7 Å². The molecule has 4 nitrogen and oxygen atoms in total. The van der Waals surface area contributed by atoms with Crippen LogP contribution >= 0.6 is 0 Å². The molecular formula is C124H122N4. The molecule has 0 N–H and O–H groups in total. The molecule has 0 radical (unpaired) electrons. The Kier molecular flexibility index (Phi) is 19.8. The van der Waals surface area contributed by atoms with E-state index in [2.05, 4.69) is 379 Å². The number of hydrogen-bond acceptors (Lipinski definition) is 2. The minimum atomic E-state index is -0.227. The van der Waals surface area contributed by atoms with Gasteiger partial charge in [-0.1, -0.05) is 328 Å². The van der Waals surface area contributed by atoms with Gasteiger partial charge < -0.3 is 18.9 Å². The van der Waals surface area contributed by atoms with E-state index in [0.29, 0.717) is 23.7 Å². The Hall–Kier alpha value is -12.0. The third-order valence-electron chi connectivity index (χ3n) is 31.8. The summed E-state index contributed by atoms with van der Waals surface area (Å²) in [5.41, 5.74) is 38.3. The van der Waals surface area contributed by atoms with Gasteiger partial charge in [0.2, 0.25) is 0 Å². The van der Waals surface area contributed by atoms with Crippen molar-refractivity contribution >= 4 is 99.3 Å². The quantitative estimate of drug-likeness (QED) is 0.101. The van der Waals surface area contributed by atoms with Crippen molar-refractivity contribution in [3.63, 3.8) is 0 Å². The lowest BCUT2D eigenvalue weighted by molar-refractivity contribution is 0.435. The van der Waals surface area contributed by atoms with E-state index < -0.39 is 0 Å². The van der Waals surface area contributed by atoms with E-state index >= 15 is 0 Å². The van der Waals surface area contributed by atoms with E-state index in [9.17, 15) is 0 Å². The summed E-state index contributed by atoms with van der Waals surface area (Å²) in [7, 11) is 0. The summed E-state index contributed by atoms with van der Waals surface area (Å²) in [5, 5.41) is 10.0. The van der Waals surface area contributed by atoms with Crippen LogP contribution in [0.2, 0.25) is 0 Å². The first-order valence-corrected chi connectivity index (χ1v) is 49.0. The summed E-state index contributed by atoms with van der Waals surface area (Å²) >= 11 is 0. The Morgan fingerprint density at radius 1 is 0.250 bits per heavy atom. The SMILES string of the molecule is CC(C)(C)c1ccccc1-c1c2ccc(N(c3cc(C4CCCCC4)cc(C4CCCCC4)c3)c3cccc4c5cc6c(cc5n(-c5ccccc5)c34)C(C)(C)c3ccccc3-6)cc2c(-c2ccccc2C(C)(C)C)c2ccc(N(c3cc(C4CCCCC4)cc(C4CCCCC4)c3)c3cccc4c5cc6c(cc5n(-c5ccccc5)c34)C(C)(C)c3ccccc3-6)cc12. The Bertz CT molecular complexity index is 6740. The average molecular weight is 1670 g/mol. The maximum Gasteiger partial charge on any atom is 0.0782 e. The third-order valence-corrected chi connectivity index (χ3v) is 31.8. The highest BCUT2D eigenvalue weighted by atomic mass is 15.2. The van der Waals surface area contributed by atoms with Gasteiger partial charge in [-0.05, 0) is 317 Å². The van der Waals surface area contributed by atoms with E-state index in [1.165, 1.54) is 316 Å². The molecule has 4 fully saturated rings. The van der Waals surface area contributed by atoms with Gasteiger partial charge in [0, 0.05) is 66.5 Å². The second-order valence-electron chi connectivity index (χ2n) is 42.4. The van der Waals surface area contributed by atoms with Gasteiger partial charge >= 0.3 is 0 Å². The van der Waals surface area contributed by atoms with Crippen molar-refractivity contribution in [3.8, 4) is 55.9 Å². The van der Waals surface area contributed by atoms with Crippen LogP contribution in [0, 0.1) is 0 Å². The number of anilines is 6. The molecule has 128 heavy (non-hydrogen) atoms. The summed E-state index contributed by atoms with van der Waals surface area (Å²) in [6, 6.07) is 117. The van der Waals surface area contributed by atoms with Crippen molar-refractivity contribution in [1.29, 1.82) is 0 Å². The first-order chi connectivity index (χ1) is 62.3. The van der Waals surface area contributed by atoms with Gasteiger partial charge in [0.1, 0.15) is 0 Å². The van der Waals surface area contributed by atoms with Crippen LogP contribution in [0.3, 0.4) is 0 Å². The van der Waals surface area contributed by atoms with E-state index in [4.69, 9.17) is 0 Å². The van der Waals surface area contributed by atoms with E-state index in [-0.39, 0.29) is 21.7 Å². The fourth-order valence-electron chi connectivity index (χ4n) is 25.4. The van der Waals surface area contributed by atoms with E-state index in [1.807, 2.05) is 0 Å². The number of nitrogens with zero attached hydrogens (tertiary/aromatic N) is 4. The maximum absolute atomic E-state index is 2.77. The average Bonchev–Trinajstić information content (AvgIpc) is 1.56. The molecular weight excluding hydrogens is 1550 g/mol. The summed E-state index contributed by atoms with van der Waals surface area (Å²) in [5.74, 6) is 1.99. The Labute approximate surface area is 758 Å². The largest absolute Gasteiger partial charge is 0.308 e. The summed E-state index contributed by atoms with van der Waals surface area (Å²) < 4.78 is 5.30.